The lowest BCUT2D eigenvalue weighted by atomic mass is 9.88. The Bertz CT molecular complexity index is 527. The second-order valence-electron chi connectivity index (χ2n) is 5.63. The average molecular weight is 259 g/mol. The van der Waals surface area contributed by atoms with Gasteiger partial charge >= 0.3 is 0 Å². The summed E-state index contributed by atoms with van der Waals surface area (Å²) in [6, 6.07) is 9.76. The fourth-order valence-electron chi connectivity index (χ4n) is 2.50. The maximum atomic E-state index is 3.65. The maximum Gasteiger partial charge on any atom is 0.0377 e. The molecule has 1 heterocycles. The fourth-order valence-corrected chi connectivity index (χ4v) is 3.51. The minimum absolute atomic E-state index is 0.624. The third kappa shape index (κ3) is 2.45. The first kappa shape index (κ1) is 12.2. The number of rotatable bonds is 5. The van der Waals surface area contributed by atoms with E-state index in [-0.39, 0.29) is 0 Å². The van der Waals surface area contributed by atoms with Crippen molar-refractivity contribution >= 4 is 21.4 Å². The highest BCUT2D eigenvalue weighted by Crippen LogP contribution is 2.33. The van der Waals surface area contributed by atoms with Crippen molar-refractivity contribution in [2.24, 2.45) is 5.92 Å². The van der Waals surface area contributed by atoms with E-state index >= 15 is 0 Å². The van der Waals surface area contributed by atoms with Crippen molar-refractivity contribution in [1.82, 2.24) is 5.32 Å². The topological polar surface area (TPSA) is 12.0 Å². The van der Waals surface area contributed by atoms with Gasteiger partial charge in [0.25, 0.3) is 0 Å². The number of nitrogens with one attached hydrogen (secondary N) is 1. The Kier molecular flexibility index (Phi) is 3.40. The molecule has 1 aliphatic carbocycles. The molecule has 0 aliphatic heterocycles. The SMILES string of the molecule is CC(CNC1CC1)C(C)c1cccc2ccsc12. The summed E-state index contributed by atoms with van der Waals surface area (Å²) in [7, 11) is 0. The summed E-state index contributed by atoms with van der Waals surface area (Å²) in [5, 5.41) is 7.25. The van der Waals surface area contributed by atoms with Gasteiger partial charge in [-0.15, -0.1) is 11.3 Å². The Morgan fingerprint density at radius 2 is 2.11 bits per heavy atom. The largest absolute Gasteiger partial charge is 0.314 e. The van der Waals surface area contributed by atoms with Crippen LogP contribution in [0.15, 0.2) is 29.6 Å². The van der Waals surface area contributed by atoms with Gasteiger partial charge in [-0.2, -0.15) is 0 Å². The van der Waals surface area contributed by atoms with Crippen LogP contribution in [0.25, 0.3) is 10.1 Å². The zero-order valence-corrected chi connectivity index (χ0v) is 12.0. The molecule has 0 bridgehead atoms. The lowest BCUT2D eigenvalue weighted by molar-refractivity contribution is 0.448. The standard InChI is InChI=1S/C16H21NS/c1-11(10-17-14-6-7-14)12(2)15-5-3-4-13-8-9-18-16(13)15/h3-5,8-9,11-12,14,17H,6-7,10H2,1-2H3. The molecule has 96 valence electrons. The van der Waals surface area contributed by atoms with Gasteiger partial charge in [0.1, 0.15) is 0 Å². The highest BCUT2D eigenvalue weighted by Gasteiger charge is 2.23. The second kappa shape index (κ2) is 5.02. The van der Waals surface area contributed by atoms with E-state index in [0.717, 1.165) is 12.6 Å². The Morgan fingerprint density at radius 3 is 2.89 bits per heavy atom. The number of hydrogen-bond acceptors (Lipinski definition) is 2. The summed E-state index contributed by atoms with van der Waals surface area (Å²) in [4.78, 5) is 0. The predicted molar refractivity (Wildman–Crippen MR) is 80.4 cm³/mol. The molecular formula is C16H21NS. The Balaban J connectivity index is 1.77. The van der Waals surface area contributed by atoms with Gasteiger partial charge in [-0.1, -0.05) is 32.0 Å². The molecule has 0 spiro atoms. The highest BCUT2D eigenvalue weighted by atomic mass is 32.1. The van der Waals surface area contributed by atoms with E-state index in [9.17, 15) is 0 Å². The summed E-state index contributed by atoms with van der Waals surface area (Å²) >= 11 is 1.88. The first-order valence-corrected chi connectivity index (χ1v) is 7.83. The van der Waals surface area contributed by atoms with Crippen LogP contribution < -0.4 is 5.32 Å². The monoisotopic (exact) mass is 259 g/mol. The molecule has 18 heavy (non-hydrogen) atoms. The molecule has 1 aliphatic rings. The van der Waals surface area contributed by atoms with Gasteiger partial charge in [0.15, 0.2) is 0 Å². The van der Waals surface area contributed by atoms with Crippen molar-refractivity contribution in [3.05, 3.63) is 35.2 Å². The van der Waals surface area contributed by atoms with Gasteiger partial charge in [-0.05, 0) is 53.6 Å². The van der Waals surface area contributed by atoms with Gasteiger partial charge < -0.3 is 5.32 Å². The van der Waals surface area contributed by atoms with E-state index in [1.807, 2.05) is 11.3 Å². The third-order valence-electron chi connectivity index (χ3n) is 4.16. The normalized spacial score (nSPS) is 19.0. The molecule has 0 saturated heterocycles. The van der Waals surface area contributed by atoms with Gasteiger partial charge in [-0.25, -0.2) is 0 Å². The molecule has 2 atom stereocenters. The van der Waals surface area contributed by atoms with Crippen LogP contribution >= 0.6 is 11.3 Å². The average Bonchev–Trinajstić information content (AvgIpc) is 3.09. The molecule has 1 aromatic carbocycles. The van der Waals surface area contributed by atoms with Crippen molar-refractivity contribution in [1.29, 1.82) is 0 Å². The number of thiophene rings is 1. The highest BCUT2D eigenvalue weighted by molar-refractivity contribution is 7.17. The van der Waals surface area contributed by atoms with Crippen LogP contribution in [-0.2, 0) is 0 Å². The molecule has 0 amide bonds. The molecule has 2 heteroatoms. The van der Waals surface area contributed by atoms with E-state index in [2.05, 4.69) is 48.8 Å². The number of hydrogen-bond donors (Lipinski definition) is 1. The molecule has 2 unspecified atom stereocenters. The molecule has 3 rings (SSSR count). The number of benzene rings is 1. The van der Waals surface area contributed by atoms with E-state index in [0.29, 0.717) is 11.8 Å². The molecule has 1 N–H and O–H groups in total. The van der Waals surface area contributed by atoms with E-state index in [1.165, 1.54) is 28.5 Å². The van der Waals surface area contributed by atoms with Gasteiger partial charge in [-0.3, -0.25) is 0 Å². The molecule has 1 aromatic heterocycles. The van der Waals surface area contributed by atoms with Crippen molar-refractivity contribution in [3.63, 3.8) is 0 Å². The van der Waals surface area contributed by atoms with Crippen LogP contribution in [0.2, 0.25) is 0 Å². The first-order valence-electron chi connectivity index (χ1n) is 6.95. The van der Waals surface area contributed by atoms with E-state index < -0.39 is 0 Å². The lowest BCUT2D eigenvalue weighted by Crippen LogP contribution is -2.26. The fraction of sp³-hybridized carbons (Fsp3) is 0.500. The van der Waals surface area contributed by atoms with E-state index in [1.54, 1.807) is 0 Å². The summed E-state index contributed by atoms with van der Waals surface area (Å²) in [5.41, 5.74) is 1.52. The summed E-state index contributed by atoms with van der Waals surface area (Å²) < 4.78 is 1.48. The summed E-state index contributed by atoms with van der Waals surface area (Å²) in [5.74, 6) is 1.32. The maximum absolute atomic E-state index is 3.65. The predicted octanol–water partition coefficient (Wildman–Crippen LogP) is 4.39. The van der Waals surface area contributed by atoms with Gasteiger partial charge in [0, 0.05) is 10.7 Å². The van der Waals surface area contributed by atoms with Crippen LogP contribution in [0.1, 0.15) is 38.2 Å². The first-order chi connectivity index (χ1) is 8.75. The van der Waals surface area contributed by atoms with Crippen molar-refractivity contribution < 1.29 is 0 Å². The Labute approximate surface area is 113 Å². The van der Waals surface area contributed by atoms with Crippen molar-refractivity contribution in [2.75, 3.05) is 6.54 Å². The Hall–Kier alpha value is -0.860. The summed E-state index contributed by atoms with van der Waals surface area (Å²) in [6.45, 7) is 5.88. The lowest BCUT2D eigenvalue weighted by Gasteiger charge is -2.21. The quantitative estimate of drug-likeness (QED) is 0.839. The van der Waals surface area contributed by atoms with E-state index in [4.69, 9.17) is 0 Å². The molecule has 1 fully saturated rings. The molecule has 1 saturated carbocycles. The van der Waals surface area contributed by atoms with Crippen LogP contribution in [0, 0.1) is 5.92 Å². The van der Waals surface area contributed by atoms with Crippen molar-refractivity contribution in [2.45, 2.75) is 38.6 Å². The van der Waals surface area contributed by atoms with Crippen molar-refractivity contribution in [3.8, 4) is 0 Å². The van der Waals surface area contributed by atoms with Crippen LogP contribution in [-0.4, -0.2) is 12.6 Å². The van der Waals surface area contributed by atoms with Crippen LogP contribution in [0.5, 0.6) is 0 Å². The van der Waals surface area contributed by atoms with Crippen LogP contribution in [0.3, 0.4) is 0 Å². The van der Waals surface area contributed by atoms with Gasteiger partial charge in [0.05, 0.1) is 0 Å². The smallest absolute Gasteiger partial charge is 0.0377 e. The Morgan fingerprint density at radius 1 is 1.28 bits per heavy atom. The minimum Gasteiger partial charge on any atom is -0.314 e. The molecule has 2 aromatic rings. The second-order valence-corrected chi connectivity index (χ2v) is 6.55. The summed E-state index contributed by atoms with van der Waals surface area (Å²) in [6.07, 6.45) is 2.75. The molecular weight excluding hydrogens is 238 g/mol. The molecule has 0 radical (unpaired) electrons. The zero-order chi connectivity index (χ0) is 12.5. The van der Waals surface area contributed by atoms with Crippen LogP contribution in [0.4, 0.5) is 0 Å². The molecule has 1 nitrogen and oxygen atoms in total. The minimum atomic E-state index is 0.624. The zero-order valence-electron chi connectivity index (χ0n) is 11.1. The number of fused-ring (bicyclic) bond motifs is 1. The third-order valence-corrected chi connectivity index (χ3v) is 5.14. The van der Waals surface area contributed by atoms with Gasteiger partial charge in [0.2, 0.25) is 0 Å².